The number of hydrogen-bond acceptors (Lipinski definition) is 3. The van der Waals surface area contributed by atoms with E-state index in [-0.39, 0.29) is 12.5 Å². The maximum Gasteiger partial charge on any atom is 0.238 e. The van der Waals surface area contributed by atoms with Crippen LogP contribution in [0.5, 0.6) is 5.75 Å². The third-order valence-corrected chi connectivity index (χ3v) is 2.32. The van der Waals surface area contributed by atoms with Gasteiger partial charge in [-0.15, -0.1) is 6.58 Å². The van der Waals surface area contributed by atoms with Crippen LogP contribution in [-0.4, -0.2) is 26.1 Å². The number of halogens is 1. The number of hydrogen-bond donors (Lipinski definition) is 2. The van der Waals surface area contributed by atoms with Gasteiger partial charge in [0.2, 0.25) is 5.91 Å². The van der Waals surface area contributed by atoms with Crippen LogP contribution in [0.4, 0.5) is 5.69 Å². The molecular weight excluding hydrogens is 240 g/mol. The Morgan fingerprint density at radius 3 is 3.00 bits per heavy atom. The molecule has 2 N–H and O–H groups in total. The molecule has 1 amide bonds. The molecule has 0 aliphatic heterocycles. The first-order chi connectivity index (χ1) is 8.17. The predicted octanol–water partition coefficient (Wildman–Crippen LogP) is 2.06. The first-order valence-electron chi connectivity index (χ1n) is 5.12. The Kier molecular flexibility index (Phi) is 5.52. The van der Waals surface area contributed by atoms with Gasteiger partial charge in [0.1, 0.15) is 5.75 Å². The molecular formula is C12H15ClN2O2. The summed E-state index contributed by atoms with van der Waals surface area (Å²) in [6, 6.07) is 5.07. The largest absolute Gasteiger partial charge is 0.495 e. The standard InChI is InChI=1S/C12H15ClN2O2/c1-3-6-14-8-12(16)15-9-4-5-10(13)11(7-9)17-2/h3-5,7,14H,1,6,8H2,2H3,(H,15,16). The molecule has 5 heteroatoms. The average Bonchev–Trinajstić information content (AvgIpc) is 2.32. The first kappa shape index (κ1) is 13.5. The maximum atomic E-state index is 11.5. The zero-order chi connectivity index (χ0) is 12.7. The minimum Gasteiger partial charge on any atom is -0.495 e. The predicted molar refractivity (Wildman–Crippen MR) is 69.7 cm³/mol. The maximum absolute atomic E-state index is 11.5. The summed E-state index contributed by atoms with van der Waals surface area (Å²) in [6.07, 6.45) is 1.69. The van der Waals surface area contributed by atoms with Gasteiger partial charge in [-0.25, -0.2) is 0 Å². The molecule has 0 radical (unpaired) electrons. The molecule has 0 aliphatic rings. The van der Waals surface area contributed by atoms with E-state index < -0.39 is 0 Å². The second kappa shape index (κ2) is 6.93. The van der Waals surface area contributed by atoms with Crippen LogP contribution in [-0.2, 0) is 4.79 Å². The summed E-state index contributed by atoms with van der Waals surface area (Å²) in [5.41, 5.74) is 0.650. The van der Waals surface area contributed by atoms with Gasteiger partial charge in [0, 0.05) is 18.3 Å². The lowest BCUT2D eigenvalue weighted by Gasteiger charge is -2.08. The number of ether oxygens (including phenoxy) is 1. The summed E-state index contributed by atoms with van der Waals surface area (Å²) >= 11 is 5.87. The van der Waals surface area contributed by atoms with Crippen molar-refractivity contribution in [1.29, 1.82) is 0 Å². The van der Waals surface area contributed by atoms with Crippen molar-refractivity contribution in [2.45, 2.75) is 0 Å². The summed E-state index contributed by atoms with van der Waals surface area (Å²) in [5, 5.41) is 6.15. The van der Waals surface area contributed by atoms with E-state index in [2.05, 4.69) is 17.2 Å². The monoisotopic (exact) mass is 254 g/mol. The van der Waals surface area contributed by atoms with Crippen LogP contribution in [0.15, 0.2) is 30.9 Å². The van der Waals surface area contributed by atoms with Crippen molar-refractivity contribution < 1.29 is 9.53 Å². The van der Waals surface area contributed by atoms with Crippen molar-refractivity contribution >= 4 is 23.2 Å². The van der Waals surface area contributed by atoms with E-state index in [1.807, 2.05) is 0 Å². The summed E-state index contributed by atoms with van der Waals surface area (Å²) in [5.74, 6) is 0.403. The van der Waals surface area contributed by atoms with Crippen molar-refractivity contribution in [1.82, 2.24) is 5.32 Å². The first-order valence-corrected chi connectivity index (χ1v) is 5.50. The Morgan fingerprint density at radius 1 is 1.59 bits per heavy atom. The summed E-state index contributed by atoms with van der Waals surface area (Å²) in [7, 11) is 1.53. The van der Waals surface area contributed by atoms with E-state index in [1.165, 1.54) is 7.11 Å². The Balaban J connectivity index is 2.56. The van der Waals surface area contributed by atoms with Crippen molar-refractivity contribution in [3.8, 4) is 5.75 Å². The third kappa shape index (κ3) is 4.46. The molecule has 0 saturated heterocycles. The highest BCUT2D eigenvalue weighted by Gasteiger charge is 2.05. The van der Waals surface area contributed by atoms with Crippen LogP contribution >= 0.6 is 11.6 Å². The number of methoxy groups -OCH3 is 1. The minimum atomic E-state index is -0.128. The number of nitrogens with one attached hydrogen (secondary N) is 2. The molecule has 4 nitrogen and oxygen atoms in total. The lowest BCUT2D eigenvalue weighted by Crippen LogP contribution is -2.28. The van der Waals surface area contributed by atoms with Crippen LogP contribution < -0.4 is 15.4 Å². The highest BCUT2D eigenvalue weighted by molar-refractivity contribution is 6.32. The topological polar surface area (TPSA) is 50.4 Å². The van der Waals surface area contributed by atoms with Crippen LogP contribution in [0.2, 0.25) is 5.02 Å². The Labute approximate surface area is 106 Å². The number of carbonyl (C=O) groups excluding carboxylic acids is 1. The molecule has 17 heavy (non-hydrogen) atoms. The van der Waals surface area contributed by atoms with E-state index in [9.17, 15) is 4.79 Å². The highest BCUT2D eigenvalue weighted by atomic mass is 35.5. The van der Waals surface area contributed by atoms with Crippen molar-refractivity contribution in [2.75, 3.05) is 25.5 Å². The number of rotatable bonds is 6. The number of amides is 1. The lowest BCUT2D eigenvalue weighted by molar-refractivity contribution is -0.115. The van der Waals surface area contributed by atoms with Crippen molar-refractivity contribution in [2.24, 2.45) is 0 Å². The fourth-order valence-corrected chi connectivity index (χ4v) is 1.43. The second-order valence-electron chi connectivity index (χ2n) is 3.32. The number of carbonyl (C=O) groups is 1. The molecule has 0 saturated carbocycles. The zero-order valence-corrected chi connectivity index (χ0v) is 10.4. The molecule has 0 spiro atoms. The minimum absolute atomic E-state index is 0.128. The molecule has 0 unspecified atom stereocenters. The zero-order valence-electron chi connectivity index (χ0n) is 9.63. The van der Waals surface area contributed by atoms with E-state index >= 15 is 0 Å². The molecule has 1 rings (SSSR count). The van der Waals surface area contributed by atoms with Crippen molar-refractivity contribution in [3.63, 3.8) is 0 Å². The number of benzene rings is 1. The normalized spacial score (nSPS) is 9.76. The second-order valence-corrected chi connectivity index (χ2v) is 3.72. The molecule has 0 fully saturated rings. The van der Waals surface area contributed by atoms with Gasteiger partial charge in [-0.2, -0.15) is 0 Å². The molecule has 0 bridgehead atoms. The van der Waals surface area contributed by atoms with Gasteiger partial charge in [0.05, 0.1) is 18.7 Å². The van der Waals surface area contributed by atoms with Crippen LogP contribution in [0.25, 0.3) is 0 Å². The van der Waals surface area contributed by atoms with Gasteiger partial charge in [0.25, 0.3) is 0 Å². The van der Waals surface area contributed by atoms with E-state index in [0.717, 1.165) is 0 Å². The Bertz CT molecular complexity index is 407. The fraction of sp³-hybridized carbons (Fsp3) is 0.250. The lowest BCUT2D eigenvalue weighted by atomic mass is 10.3. The molecule has 0 heterocycles. The van der Waals surface area contributed by atoms with Gasteiger partial charge < -0.3 is 15.4 Å². The molecule has 0 atom stereocenters. The van der Waals surface area contributed by atoms with Gasteiger partial charge in [-0.3, -0.25) is 4.79 Å². The molecule has 1 aromatic carbocycles. The molecule has 0 aliphatic carbocycles. The number of anilines is 1. The van der Waals surface area contributed by atoms with Crippen molar-refractivity contribution in [3.05, 3.63) is 35.9 Å². The van der Waals surface area contributed by atoms with Crippen LogP contribution in [0.1, 0.15) is 0 Å². The summed E-state index contributed by atoms with van der Waals surface area (Å²) in [4.78, 5) is 11.5. The van der Waals surface area contributed by atoms with E-state index in [0.29, 0.717) is 23.0 Å². The Morgan fingerprint density at radius 2 is 2.35 bits per heavy atom. The molecule has 92 valence electrons. The van der Waals surface area contributed by atoms with Crippen LogP contribution in [0, 0.1) is 0 Å². The quantitative estimate of drug-likeness (QED) is 0.604. The van der Waals surface area contributed by atoms with Crippen LogP contribution in [0.3, 0.4) is 0 Å². The van der Waals surface area contributed by atoms with Gasteiger partial charge in [-0.1, -0.05) is 17.7 Å². The van der Waals surface area contributed by atoms with E-state index in [4.69, 9.17) is 16.3 Å². The highest BCUT2D eigenvalue weighted by Crippen LogP contribution is 2.27. The Hall–Kier alpha value is -1.52. The van der Waals surface area contributed by atoms with Gasteiger partial charge in [-0.05, 0) is 12.1 Å². The fourth-order valence-electron chi connectivity index (χ4n) is 1.23. The SMILES string of the molecule is C=CCNCC(=O)Nc1ccc(Cl)c(OC)c1. The van der Waals surface area contributed by atoms with Gasteiger partial charge >= 0.3 is 0 Å². The average molecular weight is 255 g/mol. The smallest absolute Gasteiger partial charge is 0.238 e. The third-order valence-electron chi connectivity index (χ3n) is 2.01. The van der Waals surface area contributed by atoms with E-state index in [1.54, 1.807) is 24.3 Å². The molecule has 0 aromatic heterocycles. The summed E-state index contributed by atoms with van der Waals surface area (Å²) < 4.78 is 5.05. The summed E-state index contributed by atoms with van der Waals surface area (Å²) in [6.45, 7) is 4.38. The molecule has 1 aromatic rings. The van der Waals surface area contributed by atoms with Gasteiger partial charge in [0.15, 0.2) is 0 Å².